The van der Waals surface area contributed by atoms with Gasteiger partial charge in [-0.25, -0.2) is 4.98 Å². The van der Waals surface area contributed by atoms with E-state index in [2.05, 4.69) is 10.3 Å². The second kappa shape index (κ2) is 6.56. The Balaban J connectivity index is 2.19. The van der Waals surface area contributed by atoms with Crippen LogP contribution in [0, 0.1) is 5.92 Å². The van der Waals surface area contributed by atoms with E-state index in [0.29, 0.717) is 30.5 Å². The van der Waals surface area contributed by atoms with Crippen molar-refractivity contribution in [1.82, 2.24) is 15.2 Å². The van der Waals surface area contributed by atoms with E-state index in [0.717, 1.165) is 0 Å². The summed E-state index contributed by atoms with van der Waals surface area (Å²) in [5, 5.41) is 2.65. The molecule has 0 radical (unpaired) electrons. The van der Waals surface area contributed by atoms with Crippen LogP contribution in [0.3, 0.4) is 0 Å². The standard InChI is InChI=1S/C15H21N3O3/c1-10(2)7-12-15(20)16-8-14(19)18(12)9-11-5-4-6-13(17-11)21-3/h4-6,10,12H,7-9H2,1-3H3,(H,16,20). The van der Waals surface area contributed by atoms with Crippen molar-refractivity contribution in [2.75, 3.05) is 13.7 Å². The first-order valence-corrected chi connectivity index (χ1v) is 7.08. The molecule has 21 heavy (non-hydrogen) atoms. The lowest BCUT2D eigenvalue weighted by atomic mass is 9.99. The summed E-state index contributed by atoms with van der Waals surface area (Å²) in [7, 11) is 1.55. The van der Waals surface area contributed by atoms with Crippen LogP contribution in [0.15, 0.2) is 18.2 Å². The molecule has 1 aliphatic heterocycles. The zero-order valence-corrected chi connectivity index (χ0v) is 12.6. The highest BCUT2D eigenvalue weighted by Gasteiger charge is 2.34. The average Bonchev–Trinajstić information content (AvgIpc) is 2.46. The van der Waals surface area contributed by atoms with Gasteiger partial charge in [0, 0.05) is 6.07 Å². The Kier molecular flexibility index (Phi) is 4.77. The second-order valence-electron chi connectivity index (χ2n) is 5.56. The largest absolute Gasteiger partial charge is 0.481 e. The van der Waals surface area contributed by atoms with E-state index in [9.17, 15) is 9.59 Å². The minimum absolute atomic E-state index is 0.0530. The molecule has 2 heterocycles. The molecular formula is C15H21N3O3. The number of amides is 2. The third-order valence-electron chi connectivity index (χ3n) is 3.43. The predicted molar refractivity (Wildman–Crippen MR) is 77.6 cm³/mol. The number of aromatic nitrogens is 1. The highest BCUT2D eigenvalue weighted by Crippen LogP contribution is 2.18. The maximum atomic E-state index is 12.1. The molecule has 1 fully saturated rings. The monoisotopic (exact) mass is 291 g/mol. The topological polar surface area (TPSA) is 71.5 Å². The summed E-state index contributed by atoms with van der Waals surface area (Å²) in [6, 6.07) is 4.97. The Morgan fingerprint density at radius 2 is 2.19 bits per heavy atom. The average molecular weight is 291 g/mol. The quantitative estimate of drug-likeness (QED) is 0.877. The number of piperazine rings is 1. The third kappa shape index (κ3) is 3.71. The van der Waals surface area contributed by atoms with Gasteiger partial charge in [0.25, 0.3) is 0 Å². The summed E-state index contributed by atoms with van der Waals surface area (Å²) in [6.07, 6.45) is 0.640. The van der Waals surface area contributed by atoms with Gasteiger partial charge in [-0.05, 0) is 18.4 Å². The summed E-state index contributed by atoms with van der Waals surface area (Å²) in [4.78, 5) is 30.1. The normalized spacial score (nSPS) is 18.9. The number of carbonyl (C=O) groups excluding carboxylic acids is 2. The first-order chi connectivity index (χ1) is 10.0. The van der Waals surface area contributed by atoms with Crippen LogP contribution >= 0.6 is 0 Å². The van der Waals surface area contributed by atoms with Crippen molar-refractivity contribution in [3.8, 4) is 5.88 Å². The fraction of sp³-hybridized carbons (Fsp3) is 0.533. The van der Waals surface area contributed by atoms with E-state index in [4.69, 9.17) is 4.74 Å². The number of nitrogens with one attached hydrogen (secondary N) is 1. The Bertz CT molecular complexity index is 531. The minimum atomic E-state index is -0.431. The van der Waals surface area contributed by atoms with E-state index in [1.165, 1.54) is 0 Å². The first kappa shape index (κ1) is 15.3. The number of hydrogen-bond donors (Lipinski definition) is 1. The fourth-order valence-corrected chi connectivity index (χ4v) is 2.41. The molecule has 2 rings (SSSR count). The summed E-state index contributed by atoms with van der Waals surface area (Å²) >= 11 is 0. The van der Waals surface area contributed by atoms with E-state index in [-0.39, 0.29) is 18.4 Å². The van der Waals surface area contributed by atoms with Gasteiger partial charge in [-0.2, -0.15) is 0 Å². The number of methoxy groups -OCH3 is 1. The maximum Gasteiger partial charge on any atom is 0.243 e. The van der Waals surface area contributed by atoms with Gasteiger partial charge in [-0.1, -0.05) is 19.9 Å². The molecular weight excluding hydrogens is 270 g/mol. The molecule has 1 atom stereocenters. The molecule has 6 nitrogen and oxygen atoms in total. The zero-order chi connectivity index (χ0) is 15.4. The molecule has 1 N–H and O–H groups in total. The highest BCUT2D eigenvalue weighted by atomic mass is 16.5. The summed E-state index contributed by atoms with van der Waals surface area (Å²) in [6.45, 7) is 4.45. The van der Waals surface area contributed by atoms with Gasteiger partial charge >= 0.3 is 0 Å². The summed E-state index contributed by atoms with van der Waals surface area (Å²) in [5.74, 6) is 0.658. The number of rotatable bonds is 5. The van der Waals surface area contributed by atoms with E-state index in [1.54, 1.807) is 18.1 Å². The van der Waals surface area contributed by atoms with Gasteiger partial charge in [0.1, 0.15) is 6.04 Å². The van der Waals surface area contributed by atoms with Crippen molar-refractivity contribution in [2.45, 2.75) is 32.9 Å². The van der Waals surface area contributed by atoms with Crippen molar-refractivity contribution in [2.24, 2.45) is 5.92 Å². The molecule has 114 valence electrons. The van der Waals surface area contributed by atoms with Crippen molar-refractivity contribution < 1.29 is 14.3 Å². The zero-order valence-electron chi connectivity index (χ0n) is 12.6. The molecule has 0 saturated carbocycles. The summed E-state index contributed by atoms with van der Waals surface area (Å²) in [5.41, 5.74) is 0.714. The molecule has 0 spiro atoms. The number of nitrogens with zero attached hydrogens (tertiary/aromatic N) is 2. The molecule has 1 aromatic heterocycles. The van der Waals surface area contributed by atoms with Gasteiger partial charge in [0.05, 0.1) is 25.9 Å². The number of pyridine rings is 1. The Hall–Kier alpha value is -2.11. The number of carbonyl (C=O) groups is 2. The van der Waals surface area contributed by atoms with Crippen LogP contribution in [0.4, 0.5) is 0 Å². The van der Waals surface area contributed by atoms with Crippen LogP contribution in [0.1, 0.15) is 26.0 Å². The SMILES string of the molecule is COc1cccc(CN2C(=O)CNC(=O)C2CC(C)C)n1. The van der Waals surface area contributed by atoms with Gasteiger partial charge in [-0.3, -0.25) is 9.59 Å². The number of hydrogen-bond acceptors (Lipinski definition) is 4. The van der Waals surface area contributed by atoms with Crippen molar-refractivity contribution in [1.29, 1.82) is 0 Å². The predicted octanol–water partition coefficient (Wildman–Crippen LogP) is 0.963. The Morgan fingerprint density at radius 1 is 1.43 bits per heavy atom. The first-order valence-electron chi connectivity index (χ1n) is 7.08. The van der Waals surface area contributed by atoms with E-state index in [1.807, 2.05) is 26.0 Å². The van der Waals surface area contributed by atoms with Crippen LogP contribution in [0.2, 0.25) is 0 Å². The molecule has 1 aromatic rings. The molecule has 0 bridgehead atoms. The molecule has 1 saturated heterocycles. The Morgan fingerprint density at radius 3 is 2.86 bits per heavy atom. The summed E-state index contributed by atoms with van der Waals surface area (Å²) < 4.78 is 5.09. The Labute approximate surface area is 124 Å². The van der Waals surface area contributed by atoms with Crippen molar-refractivity contribution >= 4 is 11.8 Å². The third-order valence-corrected chi connectivity index (χ3v) is 3.43. The second-order valence-corrected chi connectivity index (χ2v) is 5.56. The van der Waals surface area contributed by atoms with Gasteiger partial charge in [0.15, 0.2) is 0 Å². The van der Waals surface area contributed by atoms with Gasteiger partial charge in [0.2, 0.25) is 17.7 Å². The van der Waals surface area contributed by atoms with Gasteiger partial charge in [-0.15, -0.1) is 0 Å². The molecule has 1 unspecified atom stereocenters. The fourth-order valence-electron chi connectivity index (χ4n) is 2.41. The van der Waals surface area contributed by atoms with Crippen LogP contribution in [0.5, 0.6) is 5.88 Å². The lowest BCUT2D eigenvalue weighted by molar-refractivity contribution is -0.146. The maximum absolute atomic E-state index is 12.1. The molecule has 1 aliphatic rings. The van der Waals surface area contributed by atoms with Crippen LogP contribution in [0.25, 0.3) is 0 Å². The van der Waals surface area contributed by atoms with Crippen LogP contribution < -0.4 is 10.1 Å². The minimum Gasteiger partial charge on any atom is -0.481 e. The lowest BCUT2D eigenvalue weighted by Crippen LogP contribution is -2.58. The molecule has 6 heteroatoms. The molecule has 0 aromatic carbocycles. The van der Waals surface area contributed by atoms with Crippen LogP contribution in [-0.4, -0.2) is 41.4 Å². The van der Waals surface area contributed by atoms with Crippen LogP contribution in [-0.2, 0) is 16.1 Å². The van der Waals surface area contributed by atoms with Gasteiger partial charge < -0.3 is 15.0 Å². The lowest BCUT2D eigenvalue weighted by Gasteiger charge is -2.35. The van der Waals surface area contributed by atoms with Crippen molar-refractivity contribution in [3.05, 3.63) is 23.9 Å². The highest BCUT2D eigenvalue weighted by molar-refractivity contribution is 5.94. The molecule has 2 amide bonds. The number of ether oxygens (including phenoxy) is 1. The molecule has 0 aliphatic carbocycles. The van der Waals surface area contributed by atoms with E-state index >= 15 is 0 Å². The van der Waals surface area contributed by atoms with Crippen molar-refractivity contribution in [3.63, 3.8) is 0 Å². The smallest absolute Gasteiger partial charge is 0.243 e. The van der Waals surface area contributed by atoms with E-state index < -0.39 is 6.04 Å².